The van der Waals surface area contributed by atoms with Crippen LogP contribution in [0.15, 0.2) is 35.1 Å². The average Bonchev–Trinajstić information content (AvgIpc) is 2.55. The molecular weight excluding hydrogens is 202 g/mol. The molecule has 1 N–H and O–H groups in total. The molecule has 0 aromatic carbocycles. The van der Waals surface area contributed by atoms with Crippen molar-refractivity contribution < 1.29 is 0 Å². The monoisotopic (exact) mass is 219 g/mol. The summed E-state index contributed by atoms with van der Waals surface area (Å²) in [5.74, 6) is 1.58. The van der Waals surface area contributed by atoms with E-state index in [9.17, 15) is 0 Å². The van der Waals surface area contributed by atoms with Crippen LogP contribution in [-0.4, -0.2) is 12.1 Å². The van der Waals surface area contributed by atoms with Gasteiger partial charge in [-0.05, 0) is 41.9 Å². The highest BCUT2D eigenvalue weighted by atomic mass is 32.2. The zero-order valence-corrected chi connectivity index (χ0v) is 9.62. The third-order valence-electron chi connectivity index (χ3n) is 3.78. The summed E-state index contributed by atoms with van der Waals surface area (Å²) in [5, 5.41) is 8.22. The van der Waals surface area contributed by atoms with Crippen LogP contribution in [0.3, 0.4) is 0 Å². The molecule has 2 heteroatoms. The zero-order chi connectivity index (χ0) is 10.1. The van der Waals surface area contributed by atoms with Gasteiger partial charge < -0.3 is 5.32 Å². The maximum atomic E-state index is 3.76. The standard InChI is InChI=1S/C13H17NS/c1-2-5-12-10(4-1)11-7-9-15-8-3-6-13(11)14-12/h2-3,5,7-14H,1,4,6H2/b8-3-,9-7-. The van der Waals surface area contributed by atoms with Crippen LogP contribution in [-0.2, 0) is 0 Å². The first-order valence-corrected chi connectivity index (χ1v) is 6.79. The van der Waals surface area contributed by atoms with Gasteiger partial charge in [-0.3, -0.25) is 0 Å². The fourth-order valence-corrected chi connectivity index (χ4v) is 3.65. The molecule has 0 spiro atoms. The van der Waals surface area contributed by atoms with Gasteiger partial charge in [0.2, 0.25) is 0 Å². The molecule has 0 aromatic rings. The summed E-state index contributed by atoms with van der Waals surface area (Å²) in [6, 6.07) is 1.30. The Morgan fingerprint density at radius 1 is 1.13 bits per heavy atom. The van der Waals surface area contributed by atoms with Crippen molar-refractivity contribution in [3.05, 3.63) is 35.1 Å². The van der Waals surface area contributed by atoms with E-state index in [2.05, 4.69) is 40.4 Å². The summed E-state index contributed by atoms with van der Waals surface area (Å²) in [4.78, 5) is 0. The molecule has 3 rings (SSSR count). The molecule has 1 saturated heterocycles. The molecule has 2 aliphatic heterocycles. The van der Waals surface area contributed by atoms with E-state index >= 15 is 0 Å². The maximum absolute atomic E-state index is 3.76. The van der Waals surface area contributed by atoms with E-state index in [1.165, 1.54) is 19.3 Å². The minimum Gasteiger partial charge on any atom is -0.307 e. The second-order valence-corrected chi connectivity index (χ2v) is 5.43. The lowest BCUT2D eigenvalue weighted by atomic mass is 9.80. The average molecular weight is 219 g/mol. The SMILES string of the molecule is C1=CC2NC3C/C=C\S/C=C\C3C2CC1. The predicted octanol–water partition coefficient (Wildman–Crippen LogP) is 3.07. The topological polar surface area (TPSA) is 12.0 Å². The molecule has 1 aliphatic carbocycles. The van der Waals surface area contributed by atoms with E-state index in [1.54, 1.807) is 0 Å². The molecule has 80 valence electrons. The number of rotatable bonds is 0. The van der Waals surface area contributed by atoms with Gasteiger partial charge in [0.05, 0.1) is 0 Å². The Bertz CT molecular complexity index is 318. The van der Waals surface area contributed by atoms with Crippen LogP contribution in [0.4, 0.5) is 0 Å². The summed E-state index contributed by atoms with van der Waals surface area (Å²) in [5.41, 5.74) is 0. The number of hydrogen-bond acceptors (Lipinski definition) is 2. The van der Waals surface area contributed by atoms with Crippen molar-refractivity contribution >= 4 is 11.8 Å². The number of fused-ring (bicyclic) bond motifs is 3. The fourth-order valence-electron chi connectivity index (χ4n) is 3.06. The van der Waals surface area contributed by atoms with Crippen LogP contribution in [0.1, 0.15) is 19.3 Å². The molecule has 0 saturated carbocycles. The molecule has 0 bridgehead atoms. The van der Waals surface area contributed by atoms with Gasteiger partial charge in [0.1, 0.15) is 0 Å². The van der Waals surface area contributed by atoms with E-state index in [-0.39, 0.29) is 0 Å². The van der Waals surface area contributed by atoms with Crippen LogP contribution < -0.4 is 5.32 Å². The number of thioether (sulfide) groups is 1. The Kier molecular flexibility index (Phi) is 2.72. The Morgan fingerprint density at radius 3 is 3.13 bits per heavy atom. The van der Waals surface area contributed by atoms with Gasteiger partial charge in [-0.2, -0.15) is 0 Å². The van der Waals surface area contributed by atoms with Gasteiger partial charge in [-0.1, -0.05) is 24.3 Å². The third-order valence-corrected chi connectivity index (χ3v) is 4.44. The van der Waals surface area contributed by atoms with Crippen LogP contribution in [0, 0.1) is 11.8 Å². The summed E-state index contributed by atoms with van der Waals surface area (Å²) in [6.07, 6.45) is 13.3. The first-order valence-electron chi connectivity index (χ1n) is 5.85. The summed E-state index contributed by atoms with van der Waals surface area (Å²) < 4.78 is 0. The molecule has 3 aliphatic rings. The summed E-state index contributed by atoms with van der Waals surface area (Å²) in [7, 11) is 0. The van der Waals surface area contributed by atoms with Crippen molar-refractivity contribution in [1.82, 2.24) is 5.32 Å². The van der Waals surface area contributed by atoms with Crippen LogP contribution in [0.5, 0.6) is 0 Å². The maximum Gasteiger partial charge on any atom is 0.0287 e. The summed E-state index contributed by atoms with van der Waals surface area (Å²) in [6.45, 7) is 0. The van der Waals surface area contributed by atoms with E-state index in [0.717, 1.165) is 11.8 Å². The molecule has 0 radical (unpaired) electrons. The minimum atomic E-state index is 0.634. The lowest BCUT2D eigenvalue weighted by Crippen LogP contribution is -2.30. The van der Waals surface area contributed by atoms with Crippen molar-refractivity contribution in [2.24, 2.45) is 11.8 Å². The van der Waals surface area contributed by atoms with Crippen molar-refractivity contribution in [3.8, 4) is 0 Å². The molecule has 0 aromatic heterocycles. The van der Waals surface area contributed by atoms with Crippen molar-refractivity contribution in [2.45, 2.75) is 31.3 Å². The molecule has 1 nitrogen and oxygen atoms in total. The second kappa shape index (κ2) is 4.18. The highest BCUT2D eigenvalue weighted by Gasteiger charge is 2.40. The molecule has 2 heterocycles. The molecule has 15 heavy (non-hydrogen) atoms. The summed E-state index contributed by atoms with van der Waals surface area (Å²) >= 11 is 1.81. The number of allylic oxidation sites excluding steroid dienone is 1. The lowest BCUT2D eigenvalue weighted by molar-refractivity contribution is 0.389. The van der Waals surface area contributed by atoms with Crippen molar-refractivity contribution in [3.63, 3.8) is 0 Å². The van der Waals surface area contributed by atoms with Crippen molar-refractivity contribution in [2.75, 3.05) is 0 Å². The minimum absolute atomic E-state index is 0.634. The molecule has 0 amide bonds. The number of nitrogens with one attached hydrogen (secondary N) is 1. The van der Waals surface area contributed by atoms with Crippen molar-refractivity contribution in [1.29, 1.82) is 0 Å². The zero-order valence-electron chi connectivity index (χ0n) is 8.80. The third kappa shape index (κ3) is 1.81. The van der Waals surface area contributed by atoms with Gasteiger partial charge in [-0.25, -0.2) is 0 Å². The van der Waals surface area contributed by atoms with Gasteiger partial charge in [0.15, 0.2) is 0 Å². The molecular formula is C13H17NS. The van der Waals surface area contributed by atoms with E-state index < -0.39 is 0 Å². The van der Waals surface area contributed by atoms with Gasteiger partial charge in [0.25, 0.3) is 0 Å². The van der Waals surface area contributed by atoms with E-state index in [1.807, 2.05) is 11.8 Å². The quantitative estimate of drug-likeness (QED) is 0.628. The van der Waals surface area contributed by atoms with Gasteiger partial charge in [-0.15, -0.1) is 11.8 Å². The molecule has 1 fully saturated rings. The lowest BCUT2D eigenvalue weighted by Gasteiger charge is -2.23. The van der Waals surface area contributed by atoms with Crippen LogP contribution in [0.25, 0.3) is 0 Å². The Balaban J connectivity index is 1.85. The fraction of sp³-hybridized carbons (Fsp3) is 0.538. The normalized spacial score (nSPS) is 47.5. The second-order valence-electron chi connectivity index (χ2n) is 4.62. The predicted molar refractivity (Wildman–Crippen MR) is 66.6 cm³/mol. The Labute approximate surface area is 95.7 Å². The highest BCUT2D eigenvalue weighted by Crippen LogP contribution is 2.38. The molecule has 4 unspecified atom stereocenters. The number of hydrogen-bond donors (Lipinski definition) is 1. The van der Waals surface area contributed by atoms with Crippen LogP contribution in [0.2, 0.25) is 0 Å². The smallest absolute Gasteiger partial charge is 0.0287 e. The highest BCUT2D eigenvalue weighted by molar-refractivity contribution is 8.04. The largest absolute Gasteiger partial charge is 0.307 e. The first-order chi connectivity index (χ1) is 7.45. The van der Waals surface area contributed by atoms with E-state index in [0.29, 0.717) is 12.1 Å². The molecule has 4 atom stereocenters. The van der Waals surface area contributed by atoms with Crippen LogP contribution >= 0.6 is 11.8 Å². The Hall–Kier alpha value is -0.470. The first kappa shape index (κ1) is 9.73. The van der Waals surface area contributed by atoms with Gasteiger partial charge >= 0.3 is 0 Å². The van der Waals surface area contributed by atoms with Gasteiger partial charge in [0, 0.05) is 12.1 Å². The van der Waals surface area contributed by atoms with E-state index in [4.69, 9.17) is 0 Å². The Morgan fingerprint density at radius 2 is 2.13 bits per heavy atom.